The highest BCUT2D eigenvalue weighted by Crippen LogP contribution is 2.29. The Kier molecular flexibility index (Phi) is 5.75. The van der Waals surface area contributed by atoms with Crippen LogP contribution in [0.25, 0.3) is 22.2 Å². The van der Waals surface area contributed by atoms with E-state index in [0.717, 1.165) is 22.2 Å². The fourth-order valence-corrected chi connectivity index (χ4v) is 3.68. The van der Waals surface area contributed by atoms with Crippen LogP contribution in [0.5, 0.6) is 11.5 Å². The van der Waals surface area contributed by atoms with E-state index in [2.05, 4.69) is 14.8 Å². The van der Waals surface area contributed by atoms with Gasteiger partial charge < -0.3 is 19.6 Å². The van der Waals surface area contributed by atoms with Crippen molar-refractivity contribution in [3.8, 4) is 22.8 Å². The van der Waals surface area contributed by atoms with Crippen molar-refractivity contribution in [2.75, 3.05) is 0 Å². The van der Waals surface area contributed by atoms with Gasteiger partial charge in [-0.2, -0.15) is 5.10 Å². The van der Waals surface area contributed by atoms with Gasteiger partial charge in [-0.05, 0) is 54.4 Å². The van der Waals surface area contributed by atoms with Gasteiger partial charge in [0.1, 0.15) is 18.1 Å². The number of carboxylic acid groups (broad SMARTS) is 1. The number of aromatic amines is 1. The maximum atomic E-state index is 12.3. The molecule has 2 N–H and O–H groups in total. The van der Waals surface area contributed by atoms with Crippen LogP contribution in [0.4, 0.5) is 13.2 Å². The summed E-state index contributed by atoms with van der Waals surface area (Å²) < 4.78 is 48.5. The average molecular weight is 459 g/mol. The lowest BCUT2D eigenvalue weighted by atomic mass is 10.1. The number of carbonyl (C=O) groups is 1. The Hall–Kier alpha value is -3.95. The maximum absolute atomic E-state index is 12.3. The fraction of sp³-hybridized carbons (Fsp3) is 0.217. The number of fused-ring (bicyclic) bond motifs is 1. The van der Waals surface area contributed by atoms with E-state index < -0.39 is 12.3 Å². The number of benzene rings is 2. The number of halogens is 3. The first-order valence-corrected chi connectivity index (χ1v) is 9.93. The highest BCUT2D eigenvalue weighted by Gasteiger charge is 2.31. The molecular weight excluding hydrogens is 439 g/mol. The third-order valence-corrected chi connectivity index (χ3v) is 5.12. The summed E-state index contributed by atoms with van der Waals surface area (Å²) in [6.45, 7) is 2.11. The van der Waals surface area contributed by atoms with Crippen molar-refractivity contribution < 1.29 is 32.5 Å². The third-order valence-electron chi connectivity index (χ3n) is 5.12. The number of ether oxygens (including phenoxy) is 2. The molecule has 7 nitrogen and oxygen atoms in total. The molecule has 0 atom stereocenters. The minimum atomic E-state index is -4.74. The summed E-state index contributed by atoms with van der Waals surface area (Å²) in [5, 5.41) is 14.3. The van der Waals surface area contributed by atoms with E-state index in [1.54, 1.807) is 24.0 Å². The molecule has 10 heteroatoms. The first kappa shape index (κ1) is 22.3. The van der Waals surface area contributed by atoms with Crippen molar-refractivity contribution in [3.05, 3.63) is 65.5 Å². The normalized spacial score (nSPS) is 11.7. The Balaban J connectivity index is 1.48. The molecule has 2 aromatic heterocycles. The molecule has 2 heterocycles. The second kappa shape index (κ2) is 8.53. The lowest BCUT2D eigenvalue weighted by molar-refractivity contribution is -0.274. The molecule has 0 aliphatic rings. The van der Waals surface area contributed by atoms with Gasteiger partial charge in [0.25, 0.3) is 0 Å². The molecule has 0 saturated heterocycles. The first-order valence-electron chi connectivity index (χ1n) is 9.93. The number of nitrogens with zero attached hydrogens (tertiary/aromatic N) is 2. The van der Waals surface area contributed by atoms with Gasteiger partial charge in [0, 0.05) is 35.8 Å². The topological polar surface area (TPSA) is 89.4 Å². The monoisotopic (exact) mass is 459 g/mol. The van der Waals surface area contributed by atoms with E-state index in [1.165, 1.54) is 24.3 Å². The van der Waals surface area contributed by atoms with E-state index in [4.69, 9.17) is 9.84 Å². The number of alkyl halides is 3. The average Bonchev–Trinajstić information content (AvgIpc) is 3.29. The SMILES string of the molecule is Cc1cc(OCc2cc(-c3ccc(OC(F)(F)F)cc3)nn2C)cc2[nH]cc(CC(=O)O)c12. The van der Waals surface area contributed by atoms with Crippen LogP contribution in [0.15, 0.2) is 48.7 Å². The number of carboxylic acids is 1. The molecule has 0 radical (unpaired) electrons. The molecule has 4 aromatic rings. The smallest absolute Gasteiger partial charge is 0.487 e. The summed E-state index contributed by atoms with van der Waals surface area (Å²) >= 11 is 0. The van der Waals surface area contributed by atoms with Gasteiger partial charge in [-0.15, -0.1) is 13.2 Å². The van der Waals surface area contributed by atoms with Crippen molar-refractivity contribution >= 4 is 16.9 Å². The number of aryl methyl sites for hydroxylation is 2. The van der Waals surface area contributed by atoms with Crippen molar-refractivity contribution in [3.63, 3.8) is 0 Å². The Morgan fingerprint density at radius 2 is 1.88 bits per heavy atom. The zero-order valence-corrected chi connectivity index (χ0v) is 17.7. The quantitative estimate of drug-likeness (QED) is 0.407. The zero-order chi connectivity index (χ0) is 23.8. The molecule has 0 aliphatic carbocycles. The Bertz CT molecular complexity index is 1310. The minimum absolute atomic E-state index is 0.0673. The molecule has 0 fully saturated rings. The Morgan fingerprint density at radius 3 is 2.55 bits per heavy atom. The van der Waals surface area contributed by atoms with Gasteiger partial charge in [-0.3, -0.25) is 9.48 Å². The standard InChI is InChI=1S/C23H20F3N3O4/c1-13-7-18(10-20-22(13)15(11-27-20)8-21(30)31)32-12-16-9-19(28-29(16)2)14-3-5-17(6-4-14)33-23(24,25)26/h3-7,9-11,27H,8,12H2,1-2H3,(H,30,31). The molecule has 172 valence electrons. The van der Waals surface area contributed by atoms with Crippen LogP contribution in [0.3, 0.4) is 0 Å². The summed E-state index contributed by atoms with van der Waals surface area (Å²) in [5.41, 5.74) is 4.38. The number of H-pyrrole nitrogens is 1. The Labute approximate surface area is 186 Å². The van der Waals surface area contributed by atoms with Crippen LogP contribution >= 0.6 is 0 Å². The molecule has 2 aromatic carbocycles. The van der Waals surface area contributed by atoms with Gasteiger partial charge in [0.15, 0.2) is 0 Å². The predicted octanol–water partition coefficient (Wildman–Crippen LogP) is 4.98. The van der Waals surface area contributed by atoms with Crippen LogP contribution < -0.4 is 9.47 Å². The zero-order valence-electron chi connectivity index (χ0n) is 17.7. The van der Waals surface area contributed by atoms with Crippen molar-refractivity contribution in [2.24, 2.45) is 7.05 Å². The molecule has 0 amide bonds. The number of aliphatic carboxylic acids is 1. The summed E-state index contributed by atoms with van der Waals surface area (Å²) in [6, 6.07) is 10.9. The van der Waals surface area contributed by atoms with Crippen molar-refractivity contribution in [2.45, 2.75) is 26.3 Å². The maximum Gasteiger partial charge on any atom is 0.573 e. The number of hydrogen-bond acceptors (Lipinski definition) is 4. The first-order chi connectivity index (χ1) is 15.6. The highest BCUT2D eigenvalue weighted by atomic mass is 19.4. The summed E-state index contributed by atoms with van der Waals surface area (Å²) in [7, 11) is 1.75. The van der Waals surface area contributed by atoms with Gasteiger partial charge in [-0.25, -0.2) is 0 Å². The van der Waals surface area contributed by atoms with Crippen LogP contribution in [-0.2, 0) is 24.9 Å². The number of nitrogens with one attached hydrogen (secondary N) is 1. The van der Waals surface area contributed by atoms with Crippen LogP contribution in [0, 0.1) is 6.92 Å². The van der Waals surface area contributed by atoms with Gasteiger partial charge in [0.2, 0.25) is 0 Å². The molecule has 33 heavy (non-hydrogen) atoms. The van der Waals surface area contributed by atoms with E-state index >= 15 is 0 Å². The van der Waals surface area contributed by atoms with E-state index in [9.17, 15) is 18.0 Å². The molecule has 0 aliphatic heterocycles. The molecule has 0 bridgehead atoms. The molecule has 4 rings (SSSR count). The molecule has 0 saturated carbocycles. The van der Waals surface area contributed by atoms with E-state index in [-0.39, 0.29) is 18.8 Å². The van der Waals surface area contributed by atoms with Crippen LogP contribution in [0.2, 0.25) is 0 Å². The second-order valence-corrected chi connectivity index (χ2v) is 7.55. The number of hydrogen-bond donors (Lipinski definition) is 2. The summed E-state index contributed by atoms with van der Waals surface area (Å²) in [6.07, 6.45) is -3.12. The second-order valence-electron chi connectivity index (χ2n) is 7.55. The predicted molar refractivity (Wildman–Crippen MR) is 114 cm³/mol. The summed E-state index contributed by atoms with van der Waals surface area (Å²) in [5.74, 6) is -0.586. The Morgan fingerprint density at radius 1 is 1.15 bits per heavy atom. The molecule has 0 unspecified atom stereocenters. The van der Waals surface area contributed by atoms with E-state index in [1.807, 2.05) is 19.1 Å². The van der Waals surface area contributed by atoms with Gasteiger partial charge >= 0.3 is 12.3 Å². The van der Waals surface area contributed by atoms with Gasteiger partial charge in [0.05, 0.1) is 17.8 Å². The number of aromatic nitrogens is 3. The fourth-order valence-electron chi connectivity index (χ4n) is 3.68. The lowest BCUT2D eigenvalue weighted by Gasteiger charge is -2.09. The van der Waals surface area contributed by atoms with Crippen LogP contribution in [0.1, 0.15) is 16.8 Å². The van der Waals surface area contributed by atoms with Gasteiger partial charge in [-0.1, -0.05) is 0 Å². The number of rotatable bonds is 7. The van der Waals surface area contributed by atoms with Crippen LogP contribution in [-0.4, -0.2) is 32.2 Å². The molecular formula is C23H20F3N3O4. The third kappa shape index (κ3) is 5.11. The molecule has 0 spiro atoms. The highest BCUT2D eigenvalue weighted by molar-refractivity contribution is 5.90. The van der Waals surface area contributed by atoms with E-state index in [0.29, 0.717) is 22.6 Å². The lowest BCUT2D eigenvalue weighted by Crippen LogP contribution is -2.16. The largest absolute Gasteiger partial charge is 0.573 e. The minimum Gasteiger partial charge on any atom is -0.487 e. The summed E-state index contributed by atoms with van der Waals surface area (Å²) in [4.78, 5) is 14.1. The van der Waals surface area contributed by atoms with Crippen molar-refractivity contribution in [1.29, 1.82) is 0 Å². The van der Waals surface area contributed by atoms with Crippen molar-refractivity contribution in [1.82, 2.24) is 14.8 Å².